The Hall–Kier alpha value is -2.36. The molecule has 1 aromatic rings. The monoisotopic (exact) mass is 547 g/mol. The molecule has 2 aliphatic carbocycles. The summed E-state index contributed by atoms with van der Waals surface area (Å²) in [5.41, 5.74) is 2.39. The molecule has 0 aromatic heterocycles. The maximum Gasteiger partial charge on any atom is 0.233 e. The van der Waals surface area contributed by atoms with Gasteiger partial charge in [-0.25, -0.2) is 0 Å². The number of imide groups is 1. The molecule has 2 fully saturated rings. The molecule has 170 valence electrons. The Morgan fingerprint density at radius 2 is 1.75 bits per heavy atom. The van der Waals surface area contributed by atoms with Crippen LogP contribution in [0.2, 0.25) is 0 Å². The summed E-state index contributed by atoms with van der Waals surface area (Å²) >= 11 is 0. The SMILES string of the molecule is CN=C(NCCN1C(=O)C2C3C=CC(C3)C2C1=O)NCc1cccc(N2CC=CC2)c1.I. The minimum absolute atomic E-state index is 0. The molecule has 2 N–H and O–H groups in total. The van der Waals surface area contributed by atoms with Crippen molar-refractivity contribution in [3.8, 4) is 0 Å². The first-order valence-electron chi connectivity index (χ1n) is 11.1. The number of hydrogen-bond acceptors (Lipinski definition) is 4. The molecule has 1 saturated carbocycles. The van der Waals surface area contributed by atoms with Crippen molar-refractivity contribution in [3.05, 3.63) is 54.1 Å². The Bertz CT molecular complexity index is 937. The van der Waals surface area contributed by atoms with E-state index in [0.29, 0.717) is 25.6 Å². The Labute approximate surface area is 206 Å². The minimum Gasteiger partial charge on any atom is -0.364 e. The highest BCUT2D eigenvalue weighted by Crippen LogP contribution is 2.52. The number of halogens is 1. The number of amides is 2. The highest BCUT2D eigenvalue weighted by Gasteiger charge is 2.58. The van der Waals surface area contributed by atoms with Gasteiger partial charge in [0.2, 0.25) is 11.8 Å². The van der Waals surface area contributed by atoms with E-state index in [1.807, 2.05) is 0 Å². The fraction of sp³-hybridized carbons (Fsp3) is 0.458. The van der Waals surface area contributed by atoms with Gasteiger partial charge in [-0.15, -0.1) is 24.0 Å². The molecule has 0 radical (unpaired) electrons. The molecular weight excluding hydrogens is 517 g/mol. The van der Waals surface area contributed by atoms with E-state index in [-0.39, 0.29) is 59.5 Å². The van der Waals surface area contributed by atoms with Crippen LogP contribution in [0.1, 0.15) is 12.0 Å². The third-order valence-electron chi connectivity index (χ3n) is 6.97. The van der Waals surface area contributed by atoms with E-state index >= 15 is 0 Å². The number of aliphatic imine (C=N–C) groups is 1. The number of likely N-dealkylation sites (tertiary alicyclic amines) is 1. The van der Waals surface area contributed by atoms with E-state index in [9.17, 15) is 9.59 Å². The molecule has 4 aliphatic rings. The van der Waals surface area contributed by atoms with Crippen molar-refractivity contribution in [1.29, 1.82) is 0 Å². The maximum absolute atomic E-state index is 12.8. The number of allylic oxidation sites excluding steroid dienone is 2. The largest absolute Gasteiger partial charge is 0.364 e. The standard InChI is InChI=1S/C24H29N5O2.HI/c1-25-24(27-15-16-5-4-6-19(13-16)28-10-2-3-11-28)26-9-12-29-22(30)20-17-7-8-18(14-17)21(20)23(29)31;/h2-8,13,17-18,20-21H,9-12,14-15H2,1H3,(H2,25,26,27);1H. The van der Waals surface area contributed by atoms with E-state index in [1.54, 1.807) is 7.05 Å². The van der Waals surface area contributed by atoms with Gasteiger partial charge in [0.1, 0.15) is 0 Å². The Kier molecular flexibility index (Phi) is 6.88. The second-order valence-electron chi connectivity index (χ2n) is 8.73. The average Bonchev–Trinajstić information content (AvgIpc) is 3.58. The van der Waals surface area contributed by atoms with Crippen molar-refractivity contribution >= 4 is 47.4 Å². The van der Waals surface area contributed by atoms with Gasteiger partial charge >= 0.3 is 0 Å². The summed E-state index contributed by atoms with van der Waals surface area (Å²) in [4.78, 5) is 33.6. The molecule has 2 amide bonds. The molecule has 8 heteroatoms. The Morgan fingerprint density at radius 3 is 2.41 bits per heavy atom. The van der Waals surface area contributed by atoms with Crippen LogP contribution >= 0.6 is 24.0 Å². The first-order chi connectivity index (χ1) is 15.2. The summed E-state index contributed by atoms with van der Waals surface area (Å²) in [5, 5.41) is 6.56. The first-order valence-corrected chi connectivity index (χ1v) is 11.1. The number of guanidine groups is 1. The number of carbonyl (C=O) groups is 2. The van der Waals surface area contributed by atoms with E-state index < -0.39 is 0 Å². The molecule has 4 unspecified atom stereocenters. The van der Waals surface area contributed by atoms with Crippen LogP contribution < -0.4 is 15.5 Å². The normalized spacial score (nSPS) is 27.8. The van der Waals surface area contributed by atoms with Crippen molar-refractivity contribution in [2.45, 2.75) is 13.0 Å². The molecule has 4 atom stereocenters. The second kappa shape index (κ2) is 9.64. The van der Waals surface area contributed by atoms with Crippen LogP contribution in [0.3, 0.4) is 0 Å². The van der Waals surface area contributed by atoms with E-state index in [2.05, 4.69) is 69.1 Å². The highest BCUT2D eigenvalue weighted by molar-refractivity contribution is 14.0. The van der Waals surface area contributed by atoms with Crippen LogP contribution in [0.15, 0.2) is 53.6 Å². The van der Waals surface area contributed by atoms with Crippen molar-refractivity contribution in [2.24, 2.45) is 28.7 Å². The predicted octanol–water partition coefficient (Wildman–Crippen LogP) is 2.15. The highest BCUT2D eigenvalue weighted by atomic mass is 127. The maximum atomic E-state index is 12.8. The van der Waals surface area contributed by atoms with Crippen molar-refractivity contribution in [2.75, 3.05) is 38.1 Å². The van der Waals surface area contributed by atoms with Gasteiger partial charge in [0.15, 0.2) is 5.96 Å². The lowest BCUT2D eigenvalue weighted by Crippen LogP contribution is -2.43. The summed E-state index contributed by atoms with van der Waals surface area (Å²) < 4.78 is 0. The lowest BCUT2D eigenvalue weighted by atomic mass is 9.85. The van der Waals surface area contributed by atoms with Crippen LogP contribution in [-0.2, 0) is 16.1 Å². The fourth-order valence-corrected chi connectivity index (χ4v) is 5.43. The summed E-state index contributed by atoms with van der Waals surface area (Å²) in [6.45, 7) is 3.41. The zero-order valence-electron chi connectivity index (χ0n) is 18.2. The summed E-state index contributed by atoms with van der Waals surface area (Å²) in [5.74, 6) is 0.928. The minimum atomic E-state index is -0.127. The van der Waals surface area contributed by atoms with Gasteiger partial charge in [-0.05, 0) is 36.0 Å². The van der Waals surface area contributed by atoms with Gasteiger partial charge in [0, 0.05) is 45.5 Å². The number of nitrogens with one attached hydrogen (secondary N) is 2. The predicted molar refractivity (Wildman–Crippen MR) is 136 cm³/mol. The number of carbonyl (C=O) groups excluding carboxylic acids is 2. The zero-order valence-corrected chi connectivity index (χ0v) is 20.6. The lowest BCUT2D eigenvalue weighted by Gasteiger charge is -2.20. The fourth-order valence-electron chi connectivity index (χ4n) is 5.43. The third kappa shape index (κ3) is 4.16. The average molecular weight is 547 g/mol. The van der Waals surface area contributed by atoms with Crippen molar-refractivity contribution in [1.82, 2.24) is 15.5 Å². The first kappa shape index (κ1) is 22.8. The van der Waals surface area contributed by atoms with Crippen LogP contribution in [0.4, 0.5) is 5.69 Å². The van der Waals surface area contributed by atoms with Crippen molar-refractivity contribution < 1.29 is 9.59 Å². The molecular formula is C24H30IN5O2. The third-order valence-corrected chi connectivity index (χ3v) is 6.97. The molecule has 32 heavy (non-hydrogen) atoms. The van der Waals surface area contributed by atoms with E-state index in [0.717, 1.165) is 19.5 Å². The van der Waals surface area contributed by atoms with Crippen LogP contribution in [0.5, 0.6) is 0 Å². The van der Waals surface area contributed by atoms with Gasteiger partial charge in [0.25, 0.3) is 0 Å². The van der Waals surface area contributed by atoms with E-state index in [4.69, 9.17) is 0 Å². The summed E-state index contributed by atoms with van der Waals surface area (Å²) in [6, 6.07) is 8.49. The van der Waals surface area contributed by atoms with E-state index in [1.165, 1.54) is 16.2 Å². The van der Waals surface area contributed by atoms with Gasteiger partial charge < -0.3 is 15.5 Å². The molecule has 1 aromatic carbocycles. The molecule has 7 nitrogen and oxygen atoms in total. The van der Waals surface area contributed by atoms with Crippen LogP contribution in [-0.4, -0.2) is 55.9 Å². The molecule has 2 heterocycles. The van der Waals surface area contributed by atoms with Crippen LogP contribution in [0.25, 0.3) is 0 Å². The van der Waals surface area contributed by atoms with Gasteiger partial charge in [-0.2, -0.15) is 0 Å². The molecule has 2 aliphatic heterocycles. The Balaban J connectivity index is 0.00000245. The summed E-state index contributed by atoms with van der Waals surface area (Å²) in [7, 11) is 1.72. The van der Waals surface area contributed by atoms with Gasteiger partial charge in [-0.1, -0.05) is 36.4 Å². The quantitative estimate of drug-likeness (QED) is 0.188. The lowest BCUT2D eigenvalue weighted by molar-refractivity contribution is -0.140. The molecule has 2 bridgehead atoms. The van der Waals surface area contributed by atoms with Gasteiger partial charge in [-0.3, -0.25) is 19.5 Å². The summed E-state index contributed by atoms with van der Waals surface area (Å²) in [6.07, 6.45) is 9.58. The number of hydrogen-bond donors (Lipinski definition) is 2. The topological polar surface area (TPSA) is 77.0 Å². The number of rotatable bonds is 6. The second-order valence-corrected chi connectivity index (χ2v) is 8.73. The Morgan fingerprint density at radius 1 is 1.06 bits per heavy atom. The number of benzene rings is 1. The molecule has 1 saturated heterocycles. The smallest absolute Gasteiger partial charge is 0.233 e. The molecule has 5 rings (SSSR count). The number of fused-ring (bicyclic) bond motifs is 5. The number of nitrogens with zero attached hydrogens (tertiary/aromatic N) is 3. The van der Waals surface area contributed by atoms with Crippen molar-refractivity contribution in [3.63, 3.8) is 0 Å². The molecule has 0 spiro atoms. The number of anilines is 1. The van der Waals surface area contributed by atoms with Crippen LogP contribution in [0, 0.1) is 23.7 Å². The van der Waals surface area contributed by atoms with Gasteiger partial charge in [0.05, 0.1) is 11.8 Å². The zero-order chi connectivity index (χ0) is 21.4.